The van der Waals surface area contributed by atoms with Crippen LogP contribution in [0.2, 0.25) is 0 Å². The minimum atomic E-state index is -0.245. The second kappa shape index (κ2) is 4.88. The molecule has 2 heteroatoms. The topological polar surface area (TPSA) is 20.2 Å². The lowest BCUT2D eigenvalue weighted by Crippen LogP contribution is -1.92. The highest BCUT2D eigenvalue weighted by atomic mass is 19.1. The number of halogens is 1. The third-order valence-corrected chi connectivity index (χ3v) is 3.51. The maximum atomic E-state index is 13.0. The summed E-state index contributed by atoms with van der Waals surface area (Å²) in [5, 5.41) is 9.88. The van der Waals surface area contributed by atoms with Gasteiger partial charge in [0.25, 0.3) is 0 Å². The molecule has 0 bridgehead atoms. The first-order valence-corrected chi connectivity index (χ1v) is 6.52. The quantitative estimate of drug-likeness (QED) is 0.791. The monoisotopic (exact) mass is 254 g/mol. The highest BCUT2D eigenvalue weighted by Gasteiger charge is 2.12. The van der Waals surface area contributed by atoms with E-state index in [0.717, 1.165) is 41.5 Å². The maximum absolute atomic E-state index is 13.0. The smallest absolute Gasteiger partial charge is 0.123 e. The Balaban J connectivity index is 2.19. The Bertz CT molecular complexity index is 626. The number of hydrogen-bond acceptors (Lipinski definition) is 1. The molecule has 96 valence electrons. The van der Waals surface area contributed by atoms with E-state index >= 15 is 0 Å². The largest absolute Gasteiger partial charge is 0.508 e. The van der Waals surface area contributed by atoms with Gasteiger partial charge >= 0.3 is 0 Å². The van der Waals surface area contributed by atoms with Crippen LogP contribution in [0.5, 0.6) is 5.75 Å². The minimum Gasteiger partial charge on any atom is -0.508 e. The van der Waals surface area contributed by atoms with Gasteiger partial charge in [-0.2, -0.15) is 0 Å². The summed E-state index contributed by atoms with van der Waals surface area (Å²) in [6.07, 6.45) is 7.38. The van der Waals surface area contributed by atoms with Crippen LogP contribution in [0.4, 0.5) is 4.39 Å². The van der Waals surface area contributed by atoms with Gasteiger partial charge < -0.3 is 5.11 Å². The lowest BCUT2D eigenvalue weighted by Gasteiger charge is -2.12. The summed E-state index contributed by atoms with van der Waals surface area (Å²) < 4.78 is 13.0. The standard InChI is InChI=1S/C17H15FO/c18-14-8-6-12(7-9-14)17-11-15(19)10-13-4-2-1-3-5-16(13)17/h3,5-11,19H,1-2,4H2. The maximum Gasteiger partial charge on any atom is 0.123 e. The van der Waals surface area contributed by atoms with Crippen LogP contribution in [0.1, 0.15) is 24.0 Å². The van der Waals surface area contributed by atoms with Crippen molar-refractivity contribution < 1.29 is 9.50 Å². The van der Waals surface area contributed by atoms with Crippen molar-refractivity contribution in [2.75, 3.05) is 0 Å². The number of allylic oxidation sites excluding steroid dienone is 1. The van der Waals surface area contributed by atoms with Crippen LogP contribution in [-0.4, -0.2) is 5.11 Å². The third-order valence-electron chi connectivity index (χ3n) is 3.51. The van der Waals surface area contributed by atoms with Gasteiger partial charge in [0.1, 0.15) is 11.6 Å². The number of aryl methyl sites for hydroxylation is 1. The van der Waals surface area contributed by atoms with Crippen LogP contribution in [0.3, 0.4) is 0 Å². The van der Waals surface area contributed by atoms with Crippen molar-refractivity contribution in [1.82, 2.24) is 0 Å². The Labute approximate surface area is 112 Å². The van der Waals surface area contributed by atoms with Gasteiger partial charge in [-0.05, 0) is 65.8 Å². The molecule has 2 aromatic rings. The molecule has 0 aromatic heterocycles. The fraction of sp³-hybridized carbons (Fsp3) is 0.176. The van der Waals surface area contributed by atoms with Crippen LogP contribution in [0, 0.1) is 5.82 Å². The van der Waals surface area contributed by atoms with E-state index in [9.17, 15) is 9.50 Å². The number of fused-ring (bicyclic) bond motifs is 1. The molecule has 2 aromatic carbocycles. The lowest BCUT2D eigenvalue weighted by molar-refractivity contribution is 0.474. The van der Waals surface area contributed by atoms with E-state index in [-0.39, 0.29) is 11.6 Å². The predicted molar refractivity (Wildman–Crippen MR) is 75.5 cm³/mol. The van der Waals surface area contributed by atoms with Crippen molar-refractivity contribution in [2.45, 2.75) is 19.3 Å². The zero-order chi connectivity index (χ0) is 13.2. The second-order valence-corrected chi connectivity index (χ2v) is 4.87. The molecule has 0 saturated heterocycles. The second-order valence-electron chi connectivity index (χ2n) is 4.87. The van der Waals surface area contributed by atoms with Gasteiger partial charge in [0.2, 0.25) is 0 Å². The molecule has 0 saturated carbocycles. The molecule has 0 aliphatic heterocycles. The first-order valence-electron chi connectivity index (χ1n) is 6.52. The van der Waals surface area contributed by atoms with Gasteiger partial charge in [0.15, 0.2) is 0 Å². The molecule has 0 amide bonds. The van der Waals surface area contributed by atoms with Crippen LogP contribution < -0.4 is 0 Å². The summed E-state index contributed by atoms with van der Waals surface area (Å²) in [6.45, 7) is 0. The van der Waals surface area contributed by atoms with Gasteiger partial charge in [0.05, 0.1) is 0 Å². The molecule has 1 aliphatic carbocycles. The predicted octanol–water partition coefficient (Wildman–Crippen LogP) is 4.55. The van der Waals surface area contributed by atoms with Crippen LogP contribution in [0.15, 0.2) is 42.5 Å². The average Bonchev–Trinajstić information content (AvgIpc) is 2.64. The van der Waals surface area contributed by atoms with E-state index < -0.39 is 0 Å². The van der Waals surface area contributed by atoms with Gasteiger partial charge in [-0.15, -0.1) is 0 Å². The van der Waals surface area contributed by atoms with Crippen LogP contribution in [0.25, 0.3) is 17.2 Å². The zero-order valence-corrected chi connectivity index (χ0v) is 10.6. The summed E-state index contributed by atoms with van der Waals surface area (Å²) in [5.74, 6) is 0.0268. The SMILES string of the molecule is Oc1cc2c(c(-c3ccc(F)cc3)c1)C=CCCC2. The molecule has 1 nitrogen and oxygen atoms in total. The minimum absolute atomic E-state index is 0.245. The van der Waals surface area contributed by atoms with Gasteiger partial charge in [-0.1, -0.05) is 24.3 Å². The molecule has 0 atom stereocenters. The Morgan fingerprint density at radius 2 is 1.84 bits per heavy atom. The Morgan fingerprint density at radius 3 is 2.63 bits per heavy atom. The molecular formula is C17H15FO. The number of benzene rings is 2. The summed E-state index contributed by atoms with van der Waals surface area (Å²) in [7, 11) is 0. The Kier molecular flexibility index (Phi) is 3.08. The Hall–Kier alpha value is -2.09. The lowest BCUT2D eigenvalue weighted by atomic mass is 9.93. The summed E-state index contributed by atoms with van der Waals surface area (Å²) in [6, 6.07) is 9.99. The summed E-state index contributed by atoms with van der Waals surface area (Å²) in [4.78, 5) is 0. The highest BCUT2D eigenvalue weighted by Crippen LogP contribution is 2.34. The van der Waals surface area contributed by atoms with Gasteiger partial charge in [-0.25, -0.2) is 4.39 Å². The van der Waals surface area contributed by atoms with E-state index in [1.54, 1.807) is 18.2 Å². The Morgan fingerprint density at radius 1 is 1.05 bits per heavy atom. The molecule has 19 heavy (non-hydrogen) atoms. The first kappa shape index (κ1) is 12.0. The first-order chi connectivity index (χ1) is 9.24. The number of rotatable bonds is 1. The van der Waals surface area contributed by atoms with Gasteiger partial charge in [0, 0.05) is 0 Å². The average molecular weight is 254 g/mol. The molecule has 0 fully saturated rings. The van der Waals surface area contributed by atoms with Crippen molar-refractivity contribution >= 4 is 6.08 Å². The fourth-order valence-corrected chi connectivity index (χ4v) is 2.58. The highest BCUT2D eigenvalue weighted by molar-refractivity contribution is 5.78. The number of hydrogen-bond donors (Lipinski definition) is 1. The molecule has 1 aliphatic rings. The molecule has 3 rings (SSSR count). The van der Waals surface area contributed by atoms with Gasteiger partial charge in [-0.3, -0.25) is 0 Å². The van der Waals surface area contributed by atoms with Crippen molar-refractivity contribution in [1.29, 1.82) is 0 Å². The number of phenols is 1. The van der Waals surface area contributed by atoms with Crippen LogP contribution >= 0.6 is 0 Å². The number of phenolic OH excluding ortho intramolecular Hbond substituents is 1. The molecule has 0 spiro atoms. The van der Waals surface area contributed by atoms with Crippen molar-refractivity contribution in [3.05, 3.63) is 59.4 Å². The van der Waals surface area contributed by atoms with Crippen molar-refractivity contribution in [2.24, 2.45) is 0 Å². The molecule has 1 N–H and O–H groups in total. The van der Waals surface area contributed by atoms with E-state index in [1.165, 1.54) is 12.1 Å². The molecule has 0 radical (unpaired) electrons. The van der Waals surface area contributed by atoms with E-state index in [4.69, 9.17) is 0 Å². The molecular weight excluding hydrogens is 239 g/mol. The zero-order valence-electron chi connectivity index (χ0n) is 10.6. The van der Waals surface area contributed by atoms with Crippen molar-refractivity contribution in [3.63, 3.8) is 0 Å². The van der Waals surface area contributed by atoms with E-state index in [2.05, 4.69) is 12.2 Å². The summed E-state index contributed by atoms with van der Waals surface area (Å²) >= 11 is 0. The van der Waals surface area contributed by atoms with E-state index in [0.29, 0.717) is 0 Å². The fourth-order valence-electron chi connectivity index (χ4n) is 2.58. The van der Waals surface area contributed by atoms with E-state index in [1.807, 2.05) is 6.07 Å². The molecule has 0 unspecified atom stereocenters. The normalized spacial score (nSPS) is 13.9. The number of aromatic hydroxyl groups is 1. The third kappa shape index (κ3) is 2.39. The molecule has 0 heterocycles. The van der Waals surface area contributed by atoms with Crippen LogP contribution in [-0.2, 0) is 6.42 Å². The van der Waals surface area contributed by atoms with Crippen molar-refractivity contribution in [3.8, 4) is 16.9 Å². The summed E-state index contributed by atoms with van der Waals surface area (Å²) in [5.41, 5.74) is 4.20.